The number of carbonyl (C=O) groups excluding carboxylic acids is 1. The molecule has 0 atom stereocenters. The van der Waals surface area contributed by atoms with E-state index in [2.05, 4.69) is 20.2 Å². The van der Waals surface area contributed by atoms with Gasteiger partial charge in [-0.3, -0.25) is 4.79 Å². The molecule has 0 unspecified atom stereocenters. The Labute approximate surface area is 119 Å². The number of hydrogen-bond donors (Lipinski definition) is 1. The minimum Gasteiger partial charge on any atom is -0.355 e. The van der Waals surface area contributed by atoms with Gasteiger partial charge in [0, 0.05) is 19.1 Å². The summed E-state index contributed by atoms with van der Waals surface area (Å²) in [4.78, 5) is 23.0. The second-order valence-corrected chi connectivity index (χ2v) is 5.76. The van der Waals surface area contributed by atoms with E-state index in [1.807, 2.05) is 0 Å². The van der Waals surface area contributed by atoms with Crippen LogP contribution in [0.1, 0.15) is 55.4 Å². The largest absolute Gasteiger partial charge is 0.355 e. The second-order valence-electron chi connectivity index (χ2n) is 5.76. The SMILES string of the molecule is O=C(NC1CCCCC1)c1cnc(N2CCCC2)cn1. The van der Waals surface area contributed by atoms with Crippen LogP contribution in [0.15, 0.2) is 12.4 Å². The van der Waals surface area contributed by atoms with Crippen molar-refractivity contribution in [3.05, 3.63) is 18.1 Å². The normalized spacial score (nSPS) is 20.1. The topological polar surface area (TPSA) is 58.1 Å². The van der Waals surface area contributed by atoms with Gasteiger partial charge in [-0.05, 0) is 25.7 Å². The van der Waals surface area contributed by atoms with Crippen molar-refractivity contribution in [2.75, 3.05) is 18.0 Å². The Morgan fingerprint density at radius 2 is 1.80 bits per heavy atom. The summed E-state index contributed by atoms with van der Waals surface area (Å²) in [6, 6.07) is 0.316. The van der Waals surface area contributed by atoms with Crippen LogP contribution < -0.4 is 10.2 Å². The van der Waals surface area contributed by atoms with Crippen molar-refractivity contribution in [1.29, 1.82) is 0 Å². The molecule has 0 spiro atoms. The van der Waals surface area contributed by atoms with Crippen LogP contribution >= 0.6 is 0 Å². The van der Waals surface area contributed by atoms with Gasteiger partial charge in [-0.1, -0.05) is 19.3 Å². The van der Waals surface area contributed by atoms with E-state index in [0.717, 1.165) is 31.7 Å². The first-order valence-corrected chi connectivity index (χ1v) is 7.71. The number of amides is 1. The Morgan fingerprint density at radius 1 is 1.05 bits per heavy atom. The van der Waals surface area contributed by atoms with Gasteiger partial charge < -0.3 is 10.2 Å². The van der Waals surface area contributed by atoms with Crippen molar-refractivity contribution in [2.24, 2.45) is 0 Å². The average Bonchev–Trinajstić information content (AvgIpc) is 3.03. The first kappa shape index (κ1) is 13.3. The molecule has 1 aliphatic carbocycles. The van der Waals surface area contributed by atoms with Gasteiger partial charge in [0.05, 0.1) is 12.4 Å². The lowest BCUT2D eigenvalue weighted by Crippen LogP contribution is -2.36. The van der Waals surface area contributed by atoms with E-state index in [1.165, 1.54) is 32.1 Å². The van der Waals surface area contributed by atoms with E-state index in [9.17, 15) is 4.79 Å². The number of aromatic nitrogens is 2. The van der Waals surface area contributed by atoms with Crippen LogP contribution in [-0.4, -0.2) is 35.0 Å². The molecule has 1 N–H and O–H groups in total. The highest BCUT2D eigenvalue weighted by molar-refractivity contribution is 5.92. The fourth-order valence-electron chi connectivity index (χ4n) is 3.05. The van der Waals surface area contributed by atoms with Crippen molar-refractivity contribution < 1.29 is 4.79 Å². The summed E-state index contributed by atoms with van der Waals surface area (Å²) >= 11 is 0. The van der Waals surface area contributed by atoms with E-state index < -0.39 is 0 Å². The molecule has 2 heterocycles. The molecule has 0 bridgehead atoms. The number of nitrogens with one attached hydrogen (secondary N) is 1. The zero-order valence-electron chi connectivity index (χ0n) is 11.8. The molecule has 3 rings (SSSR count). The number of rotatable bonds is 3. The Hall–Kier alpha value is -1.65. The number of carbonyl (C=O) groups is 1. The summed E-state index contributed by atoms with van der Waals surface area (Å²) < 4.78 is 0. The van der Waals surface area contributed by atoms with E-state index >= 15 is 0 Å². The molecule has 1 aromatic heterocycles. The zero-order chi connectivity index (χ0) is 13.8. The molecule has 0 aromatic carbocycles. The van der Waals surface area contributed by atoms with E-state index in [-0.39, 0.29) is 5.91 Å². The molecule has 1 aromatic rings. The predicted molar refractivity (Wildman–Crippen MR) is 77.8 cm³/mol. The van der Waals surface area contributed by atoms with Crippen molar-refractivity contribution in [2.45, 2.75) is 51.0 Å². The van der Waals surface area contributed by atoms with Crippen LogP contribution in [0.2, 0.25) is 0 Å². The standard InChI is InChI=1S/C15H22N4O/c20-15(18-12-6-2-1-3-7-12)13-10-17-14(11-16-13)19-8-4-5-9-19/h10-12H,1-9H2,(H,18,20). The minimum absolute atomic E-state index is 0.0858. The van der Waals surface area contributed by atoms with Gasteiger partial charge in [-0.2, -0.15) is 0 Å². The Bertz CT molecular complexity index is 447. The summed E-state index contributed by atoms with van der Waals surface area (Å²) in [7, 11) is 0. The molecule has 5 nitrogen and oxygen atoms in total. The zero-order valence-corrected chi connectivity index (χ0v) is 11.8. The molecule has 1 saturated heterocycles. The van der Waals surface area contributed by atoms with Crippen LogP contribution in [0.5, 0.6) is 0 Å². The number of anilines is 1. The third-order valence-corrected chi connectivity index (χ3v) is 4.24. The van der Waals surface area contributed by atoms with E-state index in [4.69, 9.17) is 0 Å². The minimum atomic E-state index is -0.0858. The lowest BCUT2D eigenvalue weighted by Gasteiger charge is -2.22. The first-order chi connectivity index (χ1) is 9.83. The molecule has 2 fully saturated rings. The van der Waals surface area contributed by atoms with Crippen molar-refractivity contribution in [3.8, 4) is 0 Å². The molecule has 0 radical (unpaired) electrons. The fraction of sp³-hybridized carbons (Fsp3) is 0.667. The van der Waals surface area contributed by atoms with Crippen LogP contribution in [0.4, 0.5) is 5.82 Å². The molecule has 2 aliphatic rings. The van der Waals surface area contributed by atoms with E-state index in [1.54, 1.807) is 12.4 Å². The molecule has 1 saturated carbocycles. The van der Waals surface area contributed by atoms with Gasteiger partial charge in [0.2, 0.25) is 0 Å². The summed E-state index contributed by atoms with van der Waals surface area (Å²) in [5.41, 5.74) is 0.429. The third-order valence-electron chi connectivity index (χ3n) is 4.24. The monoisotopic (exact) mass is 274 g/mol. The molecule has 1 aliphatic heterocycles. The average molecular weight is 274 g/mol. The quantitative estimate of drug-likeness (QED) is 0.917. The first-order valence-electron chi connectivity index (χ1n) is 7.71. The second kappa shape index (κ2) is 6.20. The fourth-order valence-corrected chi connectivity index (χ4v) is 3.05. The van der Waals surface area contributed by atoms with Gasteiger partial charge >= 0.3 is 0 Å². The van der Waals surface area contributed by atoms with Crippen LogP contribution in [-0.2, 0) is 0 Å². The molecule has 5 heteroatoms. The van der Waals surface area contributed by atoms with Gasteiger partial charge in [0.1, 0.15) is 11.5 Å². The van der Waals surface area contributed by atoms with Gasteiger partial charge in [-0.15, -0.1) is 0 Å². The highest BCUT2D eigenvalue weighted by atomic mass is 16.1. The van der Waals surface area contributed by atoms with Crippen molar-refractivity contribution in [3.63, 3.8) is 0 Å². The number of hydrogen-bond acceptors (Lipinski definition) is 4. The van der Waals surface area contributed by atoms with Crippen LogP contribution in [0, 0.1) is 0 Å². The third kappa shape index (κ3) is 3.08. The highest BCUT2D eigenvalue weighted by Gasteiger charge is 2.18. The Kier molecular flexibility index (Phi) is 4.14. The maximum Gasteiger partial charge on any atom is 0.271 e. The maximum atomic E-state index is 12.1. The van der Waals surface area contributed by atoms with Crippen LogP contribution in [0.25, 0.3) is 0 Å². The molecule has 108 valence electrons. The summed E-state index contributed by atoms with van der Waals surface area (Å²) in [5, 5.41) is 3.07. The van der Waals surface area contributed by atoms with Crippen molar-refractivity contribution in [1.82, 2.24) is 15.3 Å². The van der Waals surface area contributed by atoms with Crippen molar-refractivity contribution >= 4 is 11.7 Å². The Morgan fingerprint density at radius 3 is 2.45 bits per heavy atom. The Balaban J connectivity index is 1.59. The smallest absolute Gasteiger partial charge is 0.271 e. The number of nitrogens with zero attached hydrogens (tertiary/aromatic N) is 3. The van der Waals surface area contributed by atoms with Crippen LogP contribution in [0.3, 0.4) is 0 Å². The van der Waals surface area contributed by atoms with Gasteiger partial charge in [0.15, 0.2) is 0 Å². The summed E-state index contributed by atoms with van der Waals surface area (Å²) in [5.74, 6) is 0.800. The molecular weight excluding hydrogens is 252 g/mol. The predicted octanol–water partition coefficient (Wildman–Crippen LogP) is 2.14. The van der Waals surface area contributed by atoms with E-state index in [0.29, 0.717) is 11.7 Å². The summed E-state index contributed by atoms with van der Waals surface area (Å²) in [6.07, 6.45) is 11.6. The van der Waals surface area contributed by atoms with Gasteiger partial charge in [-0.25, -0.2) is 9.97 Å². The summed E-state index contributed by atoms with van der Waals surface area (Å²) in [6.45, 7) is 2.09. The maximum absolute atomic E-state index is 12.1. The molecule has 20 heavy (non-hydrogen) atoms. The molecular formula is C15H22N4O. The highest BCUT2D eigenvalue weighted by Crippen LogP contribution is 2.18. The lowest BCUT2D eigenvalue weighted by molar-refractivity contribution is 0.0922. The molecule has 1 amide bonds. The van der Waals surface area contributed by atoms with Gasteiger partial charge in [0.25, 0.3) is 5.91 Å². The lowest BCUT2D eigenvalue weighted by atomic mass is 9.95.